The molecule has 0 saturated carbocycles. The minimum atomic E-state index is 0.107. The van der Waals surface area contributed by atoms with Crippen LogP contribution >= 0.6 is 11.6 Å². The van der Waals surface area contributed by atoms with E-state index in [2.05, 4.69) is 30.2 Å². The van der Waals surface area contributed by atoms with Crippen molar-refractivity contribution in [2.45, 2.75) is 26.7 Å². The molecular weight excluding hydrogens is 222 g/mol. The van der Waals surface area contributed by atoms with Crippen molar-refractivity contribution in [1.29, 1.82) is 5.26 Å². The summed E-state index contributed by atoms with van der Waals surface area (Å²) in [7, 11) is 0. The van der Waals surface area contributed by atoms with Crippen molar-refractivity contribution in [3.8, 4) is 6.07 Å². The van der Waals surface area contributed by atoms with Crippen LogP contribution in [0.4, 0.5) is 5.69 Å². The van der Waals surface area contributed by atoms with Gasteiger partial charge in [0.25, 0.3) is 0 Å². The molecule has 0 unspecified atom stereocenters. The van der Waals surface area contributed by atoms with Gasteiger partial charge in [0.15, 0.2) is 0 Å². The number of rotatable bonds is 5. The third-order valence-electron chi connectivity index (χ3n) is 2.41. The number of nitrogens with one attached hydrogen (secondary N) is 1. The van der Waals surface area contributed by atoms with Crippen LogP contribution in [0, 0.1) is 16.7 Å². The van der Waals surface area contributed by atoms with Gasteiger partial charge in [-0.1, -0.05) is 25.4 Å². The van der Waals surface area contributed by atoms with Crippen LogP contribution in [0.15, 0.2) is 18.3 Å². The first-order valence-corrected chi connectivity index (χ1v) is 5.64. The fourth-order valence-electron chi connectivity index (χ4n) is 1.30. The zero-order chi connectivity index (χ0) is 12.0. The molecule has 0 aliphatic rings. The van der Waals surface area contributed by atoms with E-state index in [1.54, 1.807) is 12.3 Å². The van der Waals surface area contributed by atoms with Gasteiger partial charge in [0.05, 0.1) is 18.0 Å². The number of anilines is 1. The fourth-order valence-corrected chi connectivity index (χ4v) is 1.42. The lowest BCUT2D eigenvalue weighted by Crippen LogP contribution is -2.22. The van der Waals surface area contributed by atoms with E-state index < -0.39 is 0 Å². The Balaban J connectivity index is 2.45. The van der Waals surface area contributed by atoms with Gasteiger partial charge in [-0.05, 0) is 24.0 Å². The van der Waals surface area contributed by atoms with Crippen LogP contribution in [0.1, 0.15) is 26.7 Å². The predicted molar refractivity (Wildman–Crippen MR) is 66.4 cm³/mol. The van der Waals surface area contributed by atoms with Crippen molar-refractivity contribution in [2.24, 2.45) is 5.41 Å². The van der Waals surface area contributed by atoms with Gasteiger partial charge in [-0.15, -0.1) is 0 Å². The van der Waals surface area contributed by atoms with Gasteiger partial charge >= 0.3 is 0 Å². The van der Waals surface area contributed by atoms with E-state index in [9.17, 15) is 0 Å². The molecule has 0 amide bonds. The van der Waals surface area contributed by atoms with Crippen molar-refractivity contribution in [3.05, 3.63) is 23.5 Å². The molecule has 16 heavy (non-hydrogen) atoms. The maximum absolute atomic E-state index is 8.55. The van der Waals surface area contributed by atoms with Crippen molar-refractivity contribution >= 4 is 17.3 Å². The van der Waals surface area contributed by atoms with Gasteiger partial charge in [-0.3, -0.25) is 0 Å². The number of nitriles is 1. The average Bonchev–Trinajstić information content (AvgIpc) is 2.26. The number of nitrogens with zero attached hydrogens (tertiary/aromatic N) is 2. The third kappa shape index (κ3) is 4.50. The summed E-state index contributed by atoms with van der Waals surface area (Å²) in [5.41, 5.74) is 1.06. The third-order valence-corrected chi connectivity index (χ3v) is 2.64. The minimum Gasteiger partial charge on any atom is -0.383 e. The van der Waals surface area contributed by atoms with E-state index >= 15 is 0 Å². The van der Waals surface area contributed by atoms with Gasteiger partial charge in [-0.25, -0.2) is 4.98 Å². The highest BCUT2D eigenvalue weighted by molar-refractivity contribution is 6.29. The van der Waals surface area contributed by atoms with Crippen LogP contribution < -0.4 is 5.32 Å². The zero-order valence-corrected chi connectivity index (χ0v) is 10.4. The molecule has 0 spiro atoms. The van der Waals surface area contributed by atoms with Crippen LogP contribution in [0.2, 0.25) is 5.15 Å². The Morgan fingerprint density at radius 3 is 2.81 bits per heavy atom. The lowest BCUT2D eigenvalue weighted by atomic mass is 9.88. The van der Waals surface area contributed by atoms with Crippen LogP contribution in [0.25, 0.3) is 0 Å². The Hall–Kier alpha value is -1.27. The van der Waals surface area contributed by atoms with E-state index in [1.165, 1.54) is 0 Å². The summed E-state index contributed by atoms with van der Waals surface area (Å²) in [6.07, 6.45) is 3.19. The number of pyridine rings is 1. The van der Waals surface area contributed by atoms with Crippen LogP contribution in [-0.4, -0.2) is 11.5 Å². The quantitative estimate of drug-likeness (QED) is 0.798. The van der Waals surface area contributed by atoms with Gasteiger partial charge in [0.2, 0.25) is 0 Å². The molecule has 1 aromatic heterocycles. The Morgan fingerprint density at radius 1 is 1.50 bits per heavy atom. The molecule has 0 aromatic carbocycles. The first-order valence-electron chi connectivity index (χ1n) is 5.26. The molecule has 3 nitrogen and oxygen atoms in total. The minimum absolute atomic E-state index is 0.107. The molecule has 0 atom stereocenters. The van der Waals surface area contributed by atoms with Crippen molar-refractivity contribution < 1.29 is 0 Å². The Morgan fingerprint density at radius 2 is 2.25 bits per heavy atom. The first kappa shape index (κ1) is 12.8. The number of hydrogen-bond acceptors (Lipinski definition) is 3. The maximum Gasteiger partial charge on any atom is 0.129 e. The molecule has 0 fully saturated rings. The van der Waals surface area contributed by atoms with E-state index in [0.717, 1.165) is 18.7 Å². The van der Waals surface area contributed by atoms with E-state index in [-0.39, 0.29) is 5.41 Å². The van der Waals surface area contributed by atoms with Crippen molar-refractivity contribution in [1.82, 2.24) is 4.98 Å². The molecule has 0 aliphatic carbocycles. The molecule has 1 rings (SSSR count). The predicted octanol–water partition coefficient (Wildman–Crippen LogP) is 3.48. The largest absolute Gasteiger partial charge is 0.383 e. The van der Waals surface area contributed by atoms with Gasteiger partial charge in [-0.2, -0.15) is 5.26 Å². The molecule has 1 N–H and O–H groups in total. The number of hydrogen-bond donors (Lipinski definition) is 1. The smallest absolute Gasteiger partial charge is 0.129 e. The zero-order valence-electron chi connectivity index (χ0n) is 9.63. The summed E-state index contributed by atoms with van der Waals surface area (Å²) in [4.78, 5) is 3.99. The van der Waals surface area contributed by atoms with Gasteiger partial charge in [0.1, 0.15) is 5.15 Å². The Labute approximate surface area is 101 Å². The molecule has 0 bridgehead atoms. The lowest BCUT2D eigenvalue weighted by Gasteiger charge is -2.24. The SMILES string of the molecule is CC(C)(CCC#N)CNc1ccc(Cl)nc1. The molecule has 4 heteroatoms. The normalized spacial score (nSPS) is 10.9. The summed E-state index contributed by atoms with van der Waals surface area (Å²) in [5.74, 6) is 0. The summed E-state index contributed by atoms with van der Waals surface area (Å²) in [6, 6.07) is 5.83. The van der Waals surface area contributed by atoms with Crippen molar-refractivity contribution in [2.75, 3.05) is 11.9 Å². The average molecular weight is 238 g/mol. The fraction of sp³-hybridized carbons (Fsp3) is 0.500. The molecule has 0 radical (unpaired) electrons. The van der Waals surface area contributed by atoms with E-state index in [4.69, 9.17) is 16.9 Å². The monoisotopic (exact) mass is 237 g/mol. The van der Waals surface area contributed by atoms with E-state index in [1.807, 2.05) is 6.07 Å². The van der Waals surface area contributed by atoms with Gasteiger partial charge < -0.3 is 5.32 Å². The van der Waals surface area contributed by atoms with Crippen LogP contribution in [-0.2, 0) is 0 Å². The van der Waals surface area contributed by atoms with E-state index in [0.29, 0.717) is 11.6 Å². The summed E-state index contributed by atoms with van der Waals surface area (Å²) >= 11 is 5.70. The summed E-state index contributed by atoms with van der Waals surface area (Å²) < 4.78 is 0. The highest BCUT2D eigenvalue weighted by Gasteiger charge is 2.16. The second-order valence-electron chi connectivity index (χ2n) is 4.55. The molecule has 1 heterocycles. The summed E-state index contributed by atoms with van der Waals surface area (Å²) in [5, 5.41) is 12.3. The second kappa shape index (κ2) is 5.72. The molecular formula is C12H16ClN3. The topological polar surface area (TPSA) is 48.7 Å². The second-order valence-corrected chi connectivity index (χ2v) is 4.93. The Bertz CT molecular complexity index is 365. The van der Waals surface area contributed by atoms with Crippen LogP contribution in [0.5, 0.6) is 0 Å². The maximum atomic E-state index is 8.55. The summed E-state index contributed by atoms with van der Waals surface area (Å²) in [6.45, 7) is 5.10. The van der Waals surface area contributed by atoms with Gasteiger partial charge in [0, 0.05) is 13.0 Å². The lowest BCUT2D eigenvalue weighted by molar-refractivity contribution is 0.364. The highest BCUT2D eigenvalue weighted by atomic mass is 35.5. The first-order chi connectivity index (χ1) is 7.53. The number of halogens is 1. The van der Waals surface area contributed by atoms with Crippen LogP contribution in [0.3, 0.4) is 0 Å². The molecule has 0 aliphatic heterocycles. The molecule has 0 saturated heterocycles. The standard InChI is InChI=1S/C12H16ClN3/c1-12(2,6-3-7-14)9-16-10-4-5-11(13)15-8-10/h4-5,8,16H,3,6,9H2,1-2H3. The molecule has 86 valence electrons. The highest BCUT2D eigenvalue weighted by Crippen LogP contribution is 2.22. The van der Waals surface area contributed by atoms with Crippen molar-refractivity contribution in [3.63, 3.8) is 0 Å². The number of aromatic nitrogens is 1. The molecule has 1 aromatic rings. The Kier molecular flexibility index (Phi) is 4.57.